The van der Waals surface area contributed by atoms with Crippen LogP contribution in [0.4, 0.5) is 5.69 Å². The number of carbonyl (C=O) groups is 1. The van der Waals surface area contributed by atoms with E-state index in [1.54, 1.807) is 0 Å². The zero-order valence-electron chi connectivity index (χ0n) is 15.6. The molecule has 0 spiro atoms. The molecule has 1 amide bonds. The van der Waals surface area contributed by atoms with Crippen molar-refractivity contribution in [3.8, 4) is 0 Å². The maximum absolute atomic E-state index is 12.8. The molecule has 1 heterocycles. The summed E-state index contributed by atoms with van der Waals surface area (Å²) in [5.41, 5.74) is 4.15. The third kappa shape index (κ3) is 3.83. The number of carbonyl (C=O) groups excluding carboxylic acids is 1. The van der Waals surface area contributed by atoms with Crippen molar-refractivity contribution in [3.05, 3.63) is 64.2 Å². The Hall–Kier alpha value is -2.04. The van der Waals surface area contributed by atoms with Crippen molar-refractivity contribution >= 4 is 23.2 Å². The highest BCUT2D eigenvalue weighted by Crippen LogP contribution is 2.49. The van der Waals surface area contributed by atoms with Crippen molar-refractivity contribution < 1.29 is 9.53 Å². The first kappa shape index (κ1) is 18.3. The molecule has 1 aliphatic heterocycles. The van der Waals surface area contributed by atoms with E-state index in [-0.39, 0.29) is 11.3 Å². The summed E-state index contributed by atoms with van der Waals surface area (Å²) in [6.45, 7) is 5.90. The van der Waals surface area contributed by atoms with Gasteiger partial charge in [0.25, 0.3) is 5.91 Å². The molecule has 0 atom stereocenters. The Morgan fingerprint density at radius 1 is 1.19 bits per heavy atom. The van der Waals surface area contributed by atoms with Crippen LogP contribution in [0.5, 0.6) is 0 Å². The highest BCUT2D eigenvalue weighted by molar-refractivity contribution is 6.31. The quantitative estimate of drug-likeness (QED) is 0.848. The van der Waals surface area contributed by atoms with Gasteiger partial charge in [-0.2, -0.15) is 0 Å². The summed E-state index contributed by atoms with van der Waals surface area (Å²) in [6.07, 6.45) is 2.12. The highest BCUT2D eigenvalue weighted by Gasteiger charge is 2.45. The number of halogens is 1. The molecule has 5 heteroatoms. The second-order valence-corrected chi connectivity index (χ2v) is 7.95. The van der Waals surface area contributed by atoms with E-state index in [2.05, 4.69) is 23.2 Å². The Morgan fingerprint density at radius 3 is 2.63 bits per heavy atom. The van der Waals surface area contributed by atoms with Crippen LogP contribution in [0.15, 0.2) is 42.5 Å². The molecule has 2 aromatic rings. The number of nitrogens with one attached hydrogen (secondary N) is 1. The van der Waals surface area contributed by atoms with Crippen molar-refractivity contribution in [1.82, 2.24) is 5.32 Å². The second-order valence-electron chi connectivity index (χ2n) is 7.54. The van der Waals surface area contributed by atoms with Crippen LogP contribution in [0.2, 0.25) is 5.02 Å². The average Bonchev–Trinajstić information content (AvgIpc) is 3.48. The Bertz CT molecular complexity index is 842. The van der Waals surface area contributed by atoms with E-state index in [0.717, 1.165) is 55.4 Å². The van der Waals surface area contributed by atoms with Crippen molar-refractivity contribution in [1.29, 1.82) is 0 Å². The third-order valence-electron chi connectivity index (χ3n) is 5.71. The smallest absolute Gasteiger partial charge is 0.251 e. The van der Waals surface area contributed by atoms with E-state index in [1.165, 1.54) is 5.56 Å². The molecule has 27 heavy (non-hydrogen) atoms. The van der Waals surface area contributed by atoms with Gasteiger partial charge in [-0.3, -0.25) is 4.79 Å². The largest absolute Gasteiger partial charge is 0.378 e. The number of rotatable bonds is 5. The lowest BCUT2D eigenvalue weighted by Gasteiger charge is -2.30. The van der Waals surface area contributed by atoms with E-state index < -0.39 is 0 Å². The van der Waals surface area contributed by atoms with Gasteiger partial charge in [-0.15, -0.1) is 0 Å². The van der Waals surface area contributed by atoms with Gasteiger partial charge in [-0.05, 0) is 49.1 Å². The number of aryl methyl sites for hydroxylation is 1. The Kier molecular flexibility index (Phi) is 5.11. The minimum absolute atomic E-state index is 0.00820. The van der Waals surface area contributed by atoms with Gasteiger partial charge in [0.15, 0.2) is 0 Å². The van der Waals surface area contributed by atoms with Crippen LogP contribution in [0.25, 0.3) is 0 Å². The Morgan fingerprint density at radius 2 is 1.93 bits per heavy atom. The van der Waals surface area contributed by atoms with Gasteiger partial charge in [0.1, 0.15) is 0 Å². The molecule has 0 unspecified atom stereocenters. The number of amides is 1. The molecule has 1 saturated carbocycles. The highest BCUT2D eigenvalue weighted by atomic mass is 35.5. The first-order valence-electron chi connectivity index (χ1n) is 9.56. The van der Waals surface area contributed by atoms with Crippen LogP contribution in [-0.2, 0) is 10.2 Å². The average molecular weight is 385 g/mol. The fraction of sp³-hybridized carbons (Fsp3) is 0.409. The normalized spacial score (nSPS) is 18.2. The number of anilines is 1. The predicted octanol–water partition coefficient (Wildman–Crippen LogP) is 3.95. The van der Waals surface area contributed by atoms with Gasteiger partial charge < -0.3 is 15.0 Å². The molecular formula is C22H25ClN2O2. The van der Waals surface area contributed by atoms with Crippen LogP contribution in [0.1, 0.15) is 34.3 Å². The second kappa shape index (κ2) is 7.53. The third-order valence-corrected chi connectivity index (χ3v) is 6.04. The molecule has 142 valence electrons. The Labute approximate surface area is 165 Å². The molecule has 0 radical (unpaired) electrons. The number of hydrogen-bond donors (Lipinski definition) is 1. The molecule has 4 nitrogen and oxygen atoms in total. The number of morpholine rings is 1. The van der Waals surface area contributed by atoms with Gasteiger partial charge >= 0.3 is 0 Å². The zero-order chi connectivity index (χ0) is 18.9. The fourth-order valence-electron chi connectivity index (χ4n) is 3.83. The summed E-state index contributed by atoms with van der Waals surface area (Å²) in [5, 5.41) is 3.92. The first-order chi connectivity index (χ1) is 13.1. The van der Waals surface area contributed by atoms with Crippen LogP contribution in [-0.4, -0.2) is 38.8 Å². The summed E-state index contributed by atoms with van der Waals surface area (Å²) in [7, 11) is 0. The summed E-state index contributed by atoms with van der Waals surface area (Å²) >= 11 is 6.38. The van der Waals surface area contributed by atoms with E-state index >= 15 is 0 Å². The maximum Gasteiger partial charge on any atom is 0.251 e. The summed E-state index contributed by atoms with van der Waals surface area (Å²) in [4.78, 5) is 15.1. The van der Waals surface area contributed by atoms with E-state index in [4.69, 9.17) is 16.3 Å². The predicted molar refractivity (Wildman–Crippen MR) is 109 cm³/mol. The number of hydrogen-bond acceptors (Lipinski definition) is 3. The molecule has 0 bridgehead atoms. The van der Waals surface area contributed by atoms with Gasteiger partial charge in [-0.1, -0.05) is 35.9 Å². The lowest BCUT2D eigenvalue weighted by molar-refractivity contribution is 0.0949. The van der Waals surface area contributed by atoms with Gasteiger partial charge in [0.2, 0.25) is 0 Å². The van der Waals surface area contributed by atoms with Crippen LogP contribution in [0, 0.1) is 6.92 Å². The molecule has 1 saturated heterocycles. The van der Waals surface area contributed by atoms with E-state index in [9.17, 15) is 4.79 Å². The first-order valence-corrected chi connectivity index (χ1v) is 9.93. The number of nitrogens with zero attached hydrogens (tertiary/aromatic N) is 1. The standard InChI is InChI=1S/C22H25ClN2O2/c1-16-6-7-17(14-20(16)25-10-12-27-13-11-25)21(26)24-15-22(8-9-22)18-4-2-3-5-19(18)23/h2-7,14H,8-13,15H2,1H3,(H,24,26). The lowest BCUT2D eigenvalue weighted by Crippen LogP contribution is -2.37. The molecule has 0 aromatic heterocycles. The molecule has 2 aliphatic rings. The number of benzene rings is 2. The summed E-state index contributed by atoms with van der Waals surface area (Å²) < 4.78 is 5.44. The fourth-order valence-corrected chi connectivity index (χ4v) is 4.17. The van der Waals surface area contributed by atoms with E-state index in [1.807, 2.05) is 36.4 Å². The monoisotopic (exact) mass is 384 g/mol. The van der Waals surface area contributed by atoms with Crippen molar-refractivity contribution in [2.45, 2.75) is 25.2 Å². The number of ether oxygens (including phenoxy) is 1. The van der Waals surface area contributed by atoms with Crippen LogP contribution >= 0.6 is 11.6 Å². The molecule has 1 aliphatic carbocycles. The van der Waals surface area contributed by atoms with Gasteiger partial charge in [0.05, 0.1) is 13.2 Å². The molecular weight excluding hydrogens is 360 g/mol. The SMILES string of the molecule is Cc1ccc(C(=O)NCC2(c3ccccc3Cl)CC2)cc1N1CCOCC1. The topological polar surface area (TPSA) is 41.6 Å². The summed E-state index contributed by atoms with van der Waals surface area (Å²) in [5.74, 6) is -0.0251. The molecule has 4 rings (SSSR count). The molecule has 2 fully saturated rings. The minimum Gasteiger partial charge on any atom is -0.378 e. The minimum atomic E-state index is -0.0251. The van der Waals surface area contributed by atoms with Gasteiger partial charge in [-0.25, -0.2) is 0 Å². The van der Waals surface area contributed by atoms with Crippen LogP contribution in [0.3, 0.4) is 0 Å². The zero-order valence-corrected chi connectivity index (χ0v) is 16.4. The van der Waals surface area contributed by atoms with Crippen LogP contribution < -0.4 is 10.2 Å². The Balaban J connectivity index is 1.47. The summed E-state index contributed by atoms with van der Waals surface area (Å²) in [6, 6.07) is 13.9. The van der Waals surface area contributed by atoms with Gasteiger partial charge in [0, 0.05) is 41.3 Å². The maximum atomic E-state index is 12.8. The lowest BCUT2D eigenvalue weighted by atomic mass is 9.95. The van der Waals surface area contributed by atoms with Crippen molar-refractivity contribution in [3.63, 3.8) is 0 Å². The molecule has 1 N–H and O–H groups in total. The van der Waals surface area contributed by atoms with Crippen molar-refractivity contribution in [2.75, 3.05) is 37.7 Å². The molecule has 2 aromatic carbocycles. The van der Waals surface area contributed by atoms with E-state index in [0.29, 0.717) is 12.1 Å². The van der Waals surface area contributed by atoms with Crippen molar-refractivity contribution in [2.24, 2.45) is 0 Å².